The van der Waals surface area contributed by atoms with Crippen LogP contribution in [0.4, 0.5) is 4.39 Å². The zero-order valence-corrected chi connectivity index (χ0v) is 24.2. The van der Waals surface area contributed by atoms with Crippen molar-refractivity contribution in [2.75, 3.05) is 0 Å². The number of carboxylic acids is 5. The summed E-state index contributed by atoms with van der Waals surface area (Å²) in [7, 11) is 0. The second-order valence-corrected chi connectivity index (χ2v) is 11.8. The Morgan fingerprint density at radius 3 is 1.91 bits per heavy atom. The lowest BCUT2D eigenvalue weighted by Gasteiger charge is -2.35. The number of Topliss-reactive ketones (excluding diaryl/α,β-unsaturated/α-hetero) is 1. The Labute approximate surface area is 254 Å². The molecule has 0 unspecified atom stereocenters. The van der Waals surface area contributed by atoms with Gasteiger partial charge in [0.2, 0.25) is 0 Å². The van der Waals surface area contributed by atoms with Gasteiger partial charge in [-0.15, -0.1) is 11.3 Å². The molecule has 0 fully saturated rings. The number of hydrogen-bond donors (Lipinski definition) is 5. The summed E-state index contributed by atoms with van der Waals surface area (Å²) >= 11 is 1.43. The molecule has 5 N–H and O–H groups in total. The van der Waals surface area contributed by atoms with Crippen LogP contribution in [0, 0.1) is 29.5 Å². The third kappa shape index (κ3) is 9.43. The molecule has 3 rings (SSSR count). The van der Waals surface area contributed by atoms with E-state index in [1.165, 1.54) is 17.4 Å². The van der Waals surface area contributed by atoms with Crippen molar-refractivity contribution in [3.05, 3.63) is 70.4 Å². The van der Waals surface area contributed by atoms with Crippen LogP contribution >= 0.6 is 11.3 Å². The molecule has 0 spiro atoms. The van der Waals surface area contributed by atoms with Gasteiger partial charge in [-0.1, -0.05) is 18.2 Å². The van der Waals surface area contributed by atoms with Crippen LogP contribution in [-0.4, -0.2) is 61.2 Å². The summed E-state index contributed by atoms with van der Waals surface area (Å²) < 4.78 is 15.9. The van der Waals surface area contributed by atoms with E-state index in [-0.39, 0.29) is 24.0 Å². The minimum atomic E-state index is -1.64. The topological polar surface area (TPSA) is 204 Å². The van der Waals surface area contributed by atoms with E-state index in [0.29, 0.717) is 0 Å². The Morgan fingerprint density at radius 2 is 1.32 bits per heavy atom. The molecule has 4 atom stereocenters. The van der Waals surface area contributed by atoms with E-state index in [1.807, 2.05) is 30.3 Å². The first-order chi connectivity index (χ1) is 20.7. The minimum Gasteiger partial charge on any atom is -0.481 e. The fourth-order valence-corrected chi connectivity index (χ4v) is 6.77. The molecule has 0 aliphatic carbocycles. The highest BCUT2D eigenvalue weighted by Crippen LogP contribution is 2.40. The highest BCUT2D eigenvalue weighted by atomic mass is 32.1. The summed E-state index contributed by atoms with van der Waals surface area (Å²) in [6.45, 7) is 0. The number of rotatable bonds is 18. The number of carboxylic acid groups (broad SMARTS) is 5. The van der Waals surface area contributed by atoms with Gasteiger partial charge in [0.25, 0.3) is 0 Å². The molecule has 1 heterocycles. The molecule has 234 valence electrons. The molecule has 0 aliphatic heterocycles. The maximum Gasteiger partial charge on any atom is 0.304 e. The van der Waals surface area contributed by atoms with Crippen molar-refractivity contribution in [2.45, 2.75) is 44.9 Å². The number of carbonyl (C=O) groups excluding carboxylic acids is 1. The third-order valence-electron chi connectivity index (χ3n) is 7.56. The Morgan fingerprint density at radius 1 is 0.705 bits per heavy atom. The van der Waals surface area contributed by atoms with Crippen LogP contribution in [0.2, 0.25) is 0 Å². The predicted molar refractivity (Wildman–Crippen MR) is 155 cm³/mol. The molecular weight excluding hydrogens is 599 g/mol. The van der Waals surface area contributed by atoms with Gasteiger partial charge in [-0.2, -0.15) is 0 Å². The van der Waals surface area contributed by atoms with Crippen LogP contribution in [0.3, 0.4) is 0 Å². The summed E-state index contributed by atoms with van der Waals surface area (Å²) in [5, 5.41) is 48.7. The highest BCUT2D eigenvalue weighted by molar-refractivity contribution is 7.19. The second kappa shape index (κ2) is 15.2. The SMILES string of the molecule is O=C(O)CC[C@H](CC(=O)O)[C@@H](CC(=O)O)[C@H](CC(=O)O)[C@@H](CC(=O)O)C(=O)c1ccc(F)c(Cc2cc3ccccc3s2)c1. The normalized spacial score (nSPS) is 13.9. The minimum absolute atomic E-state index is 0.103. The number of carbonyl (C=O) groups is 6. The standard InChI is InChI=1S/C31H31FO11S/c32-24-7-5-18(9-19(24)11-20-10-17-3-1-2-4-25(17)44-20)31(43)23(15-30(41)42)22(14-29(39)40)21(13-28(37)38)16(12-27(35)36)6-8-26(33)34/h1-5,7,9-10,16,21-23H,6,8,11-15H2,(H,33,34)(H,35,36)(H,37,38)(H,39,40)(H,41,42)/t16-,21-,22+,23-/m1/s1. The number of benzene rings is 2. The number of thiophene rings is 1. The van der Waals surface area contributed by atoms with Crippen molar-refractivity contribution < 1.29 is 58.7 Å². The summed E-state index contributed by atoms with van der Waals surface area (Å²) in [4.78, 5) is 73.4. The Balaban J connectivity index is 2.07. The molecule has 11 nitrogen and oxygen atoms in total. The molecular formula is C31H31FO11S. The van der Waals surface area contributed by atoms with Gasteiger partial charge in [-0.05, 0) is 65.5 Å². The Bertz CT molecular complexity index is 1530. The largest absolute Gasteiger partial charge is 0.481 e. The van der Waals surface area contributed by atoms with Crippen LogP contribution in [-0.2, 0) is 30.4 Å². The Kier molecular flexibility index (Phi) is 11.7. The lowest BCUT2D eigenvalue weighted by Crippen LogP contribution is -2.38. The molecule has 0 saturated carbocycles. The molecule has 44 heavy (non-hydrogen) atoms. The van der Waals surface area contributed by atoms with E-state index >= 15 is 0 Å². The molecule has 2 aromatic carbocycles. The van der Waals surface area contributed by atoms with E-state index in [9.17, 15) is 58.7 Å². The molecule has 0 amide bonds. The number of hydrogen-bond acceptors (Lipinski definition) is 7. The van der Waals surface area contributed by atoms with E-state index < -0.39 is 97.2 Å². The van der Waals surface area contributed by atoms with Crippen molar-refractivity contribution >= 4 is 57.1 Å². The van der Waals surface area contributed by atoms with Crippen LogP contribution in [0.5, 0.6) is 0 Å². The predicted octanol–water partition coefficient (Wildman–Crippen LogP) is 5.04. The van der Waals surface area contributed by atoms with E-state index in [1.54, 1.807) is 0 Å². The zero-order chi connectivity index (χ0) is 32.6. The van der Waals surface area contributed by atoms with Crippen LogP contribution in [0.15, 0.2) is 48.5 Å². The van der Waals surface area contributed by atoms with Crippen molar-refractivity contribution in [1.82, 2.24) is 0 Å². The first-order valence-corrected chi connectivity index (χ1v) is 14.5. The average Bonchev–Trinajstić information content (AvgIpc) is 3.34. The fourth-order valence-electron chi connectivity index (χ4n) is 5.68. The molecule has 0 saturated heterocycles. The van der Waals surface area contributed by atoms with E-state index in [0.717, 1.165) is 27.1 Å². The Hall–Kier alpha value is -4.65. The van der Waals surface area contributed by atoms with Crippen molar-refractivity contribution in [1.29, 1.82) is 0 Å². The quantitative estimate of drug-likeness (QED) is 0.118. The maximum atomic E-state index is 14.9. The summed E-state index contributed by atoms with van der Waals surface area (Å²) in [6.07, 6.45) is -4.18. The van der Waals surface area contributed by atoms with E-state index in [2.05, 4.69) is 0 Å². The molecule has 1 aromatic heterocycles. The van der Waals surface area contributed by atoms with Gasteiger partial charge in [-0.25, -0.2) is 4.39 Å². The van der Waals surface area contributed by atoms with Crippen molar-refractivity contribution in [3.8, 4) is 0 Å². The first-order valence-electron chi connectivity index (χ1n) is 13.6. The van der Waals surface area contributed by atoms with Crippen LogP contribution < -0.4 is 0 Å². The number of fused-ring (bicyclic) bond motifs is 1. The summed E-state index contributed by atoms with van der Waals surface area (Å²) in [5.41, 5.74) is -0.00268. The highest BCUT2D eigenvalue weighted by Gasteiger charge is 2.42. The van der Waals surface area contributed by atoms with Gasteiger partial charge < -0.3 is 25.5 Å². The smallest absolute Gasteiger partial charge is 0.304 e. The average molecular weight is 631 g/mol. The van der Waals surface area contributed by atoms with Gasteiger partial charge in [0.1, 0.15) is 5.82 Å². The van der Waals surface area contributed by atoms with E-state index in [4.69, 9.17) is 0 Å². The molecule has 13 heteroatoms. The molecule has 0 radical (unpaired) electrons. The number of halogens is 1. The van der Waals surface area contributed by atoms with Crippen LogP contribution in [0.1, 0.15) is 59.3 Å². The van der Waals surface area contributed by atoms with Gasteiger partial charge in [0.15, 0.2) is 5.78 Å². The van der Waals surface area contributed by atoms with Gasteiger partial charge >= 0.3 is 29.8 Å². The first kappa shape index (κ1) is 33.8. The monoisotopic (exact) mass is 630 g/mol. The maximum absolute atomic E-state index is 14.9. The van der Waals surface area contributed by atoms with Crippen molar-refractivity contribution in [3.63, 3.8) is 0 Å². The zero-order valence-electron chi connectivity index (χ0n) is 23.3. The number of aliphatic carboxylic acids is 5. The fraction of sp³-hybridized carbons (Fsp3) is 0.355. The molecule has 0 bridgehead atoms. The third-order valence-corrected chi connectivity index (χ3v) is 8.68. The molecule has 0 aliphatic rings. The summed E-state index contributed by atoms with van der Waals surface area (Å²) in [5.74, 6) is -14.4. The lowest BCUT2D eigenvalue weighted by molar-refractivity contribution is -0.146. The molecule has 3 aromatic rings. The summed E-state index contributed by atoms with van der Waals surface area (Å²) in [6, 6.07) is 12.8. The lowest BCUT2D eigenvalue weighted by atomic mass is 9.67. The van der Waals surface area contributed by atoms with Gasteiger partial charge in [0.05, 0.1) is 6.42 Å². The second-order valence-electron chi connectivity index (χ2n) is 10.6. The van der Waals surface area contributed by atoms with Gasteiger partial charge in [-0.3, -0.25) is 28.8 Å². The number of ketones is 1. The van der Waals surface area contributed by atoms with Gasteiger partial charge in [0, 0.05) is 53.2 Å². The van der Waals surface area contributed by atoms with Crippen LogP contribution in [0.25, 0.3) is 10.1 Å². The van der Waals surface area contributed by atoms with Crippen molar-refractivity contribution in [2.24, 2.45) is 23.7 Å².